The lowest BCUT2D eigenvalue weighted by molar-refractivity contribution is -0.130. The van der Waals surface area contributed by atoms with Crippen LogP contribution < -0.4 is 0 Å². The normalized spacial score (nSPS) is 23.0. The number of fused-ring (bicyclic) bond motifs is 6. The second-order valence-corrected chi connectivity index (χ2v) is 7.34. The van der Waals surface area contributed by atoms with Gasteiger partial charge in [0.25, 0.3) is 0 Å². The molecule has 2 atom stereocenters. The minimum Gasteiger partial charge on any atom is -0.346 e. The van der Waals surface area contributed by atoms with Gasteiger partial charge in [-0.1, -0.05) is 48.5 Å². The molecule has 0 spiro atoms. The molecule has 1 saturated heterocycles. The summed E-state index contributed by atoms with van der Waals surface area (Å²) in [7, 11) is 2.18. The van der Waals surface area contributed by atoms with Gasteiger partial charge in [0.2, 0.25) is 0 Å². The van der Waals surface area contributed by atoms with Crippen LogP contribution in [0.15, 0.2) is 54.6 Å². The SMILES string of the molecule is Cn1c2c(c3ccccc31)CC1C(=O)CCC2N1Cc1ccccc1. The monoisotopic (exact) mass is 330 g/mol. The summed E-state index contributed by atoms with van der Waals surface area (Å²) >= 11 is 0. The van der Waals surface area contributed by atoms with Crippen LogP contribution in [0.5, 0.6) is 0 Å². The van der Waals surface area contributed by atoms with E-state index in [9.17, 15) is 4.79 Å². The summed E-state index contributed by atoms with van der Waals surface area (Å²) in [6.07, 6.45) is 2.49. The average Bonchev–Trinajstić information content (AvgIpc) is 2.92. The van der Waals surface area contributed by atoms with Crippen LogP contribution in [0.1, 0.15) is 35.7 Å². The topological polar surface area (TPSA) is 25.2 Å². The van der Waals surface area contributed by atoms with Crippen LogP contribution in [0.2, 0.25) is 0 Å². The van der Waals surface area contributed by atoms with E-state index in [4.69, 9.17) is 0 Å². The Morgan fingerprint density at radius 1 is 1.00 bits per heavy atom. The number of Topliss-reactive ketones (excluding diaryl/α,β-unsaturated/α-hetero) is 1. The van der Waals surface area contributed by atoms with Crippen molar-refractivity contribution in [1.29, 1.82) is 0 Å². The van der Waals surface area contributed by atoms with Crippen molar-refractivity contribution in [3.8, 4) is 0 Å². The van der Waals surface area contributed by atoms with E-state index in [1.807, 2.05) is 6.07 Å². The van der Waals surface area contributed by atoms with Gasteiger partial charge in [0.05, 0.1) is 12.1 Å². The lowest BCUT2D eigenvalue weighted by atomic mass is 9.81. The maximum atomic E-state index is 12.7. The second kappa shape index (κ2) is 5.57. The first-order chi connectivity index (χ1) is 12.2. The molecule has 2 aromatic carbocycles. The molecule has 25 heavy (non-hydrogen) atoms. The zero-order valence-corrected chi connectivity index (χ0v) is 14.5. The fourth-order valence-electron chi connectivity index (χ4n) is 4.88. The number of para-hydroxylation sites is 1. The van der Waals surface area contributed by atoms with E-state index in [1.165, 1.54) is 27.7 Å². The van der Waals surface area contributed by atoms with E-state index in [2.05, 4.69) is 65.0 Å². The van der Waals surface area contributed by atoms with Gasteiger partial charge < -0.3 is 4.57 Å². The Morgan fingerprint density at radius 2 is 1.76 bits per heavy atom. The van der Waals surface area contributed by atoms with E-state index < -0.39 is 0 Å². The van der Waals surface area contributed by atoms with Gasteiger partial charge >= 0.3 is 0 Å². The molecular formula is C22H22N2O. The number of benzene rings is 2. The number of nitrogens with zero attached hydrogens (tertiary/aromatic N) is 2. The highest BCUT2D eigenvalue weighted by atomic mass is 16.1. The Balaban J connectivity index is 1.65. The van der Waals surface area contributed by atoms with Crippen molar-refractivity contribution in [3.05, 3.63) is 71.4 Å². The van der Waals surface area contributed by atoms with Gasteiger partial charge in [0.1, 0.15) is 5.78 Å². The van der Waals surface area contributed by atoms with Gasteiger partial charge in [0.15, 0.2) is 0 Å². The predicted molar refractivity (Wildman–Crippen MR) is 99.4 cm³/mol. The summed E-state index contributed by atoms with van der Waals surface area (Å²) < 4.78 is 2.36. The van der Waals surface area contributed by atoms with Gasteiger partial charge in [-0.25, -0.2) is 0 Å². The zero-order valence-electron chi connectivity index (χ0n) is 14.5. The molecule has 3 nitrogen and oxygen atoms in total. The molecule has 2 unspecified atom stereocenters. The van der Waals surface area contributed by atoms with Crippen molar-refractivity contribution >= 4 is 16.7 Å². The van der Waals surface area contributed by atoms with Crippen molar-refractivity contribution in [2.45, 2.75) is 37.9 Å². The van der Waals surface area contributed by atoms with Crippen molar-refractivity contribution in [2.24, 2.45) is 7.05 Å². The number of rotatable bonds is 2. The quantitative estimate of drug-likeness (QED) is 0.709. The first kappa shape index (κ1) is 14.9. The number of piperidine rings is 1. The fraction of sp³-hybridized carbons (Fsp3) is 0.318. The lowest BCUT2D eigenvalue weighted by Gasteiger charge is -2.45. The Bertz CT molecular complexity index is 957. The molecule has 2 aliphatic heterocycles. The number of aryl methyl sites for hydroxylation is 1. The van der Waals surface area contributed by atoms with Gasteiger partial charge in [-0.3, -0.25) is 9.69 Å². The molecule has 0 saturated carbocycles. The van der Waals surface area contributed by atoms with Crippen molar-refractivity contribution in [2.75, 3.05) is 0 Å². The Labute approximate surface area is 147 Å². The van der Waals surface area contributed by atoms with E-state index in [1.54, 1.807) is 0 Å². The molecule has 2 aliphatic rings. The Hall–Kier alpha value is -2.39. The highest BCUT2D eigenvalue weighted by molar-refractivity contribution is 5.90. The fourth-order valence-corrected chi connectivity index (χ4v) is 4.88. The second-order valence-electron chi connectivity index (χ2n) is 7.34. The average molecular weight is 330 g/mol. The Kier molecular flexibility index (Phi) is 3.32. The number of carbonyl (C=O) groups is 1. The molecule has 2 bridgehead atoms. The van der Waals surface area contributed by atoms with Crippen molar-refractivity contribution < 1.29 is 4.79 Å². The molecule has 3 aromatic rings. The van der Waals surface area contributed by atoms with Gasteiger partial charge in [0, 0.05) is 36.6 Å². The highest BCUT2D eigenvalue weighted by Crippen LogP contribution is 2.44. The van der Waals surface area contributed by atoms with Crippen molar-refractivity contribution in [3.63, 3.8) is 0 Å². The third kappa shape index (κ3) is 2.19. The summed E-state index contributed by atoms with van der Waals surface area (Å²) in [5, 5.41) is 1.32. The Morgan fingerprint density at radius 3 is 2.60 bits per heavy atom. The van der Waals surface area contributed by atoms with Gasteiger partial charge in [-0.2, -0.15) is 0 Å². The maximum absolute atomic E-state index is 12.7. The minimum absolute atomic E-state index is 0.0252. The molecule has 0 radical (unpaired) electrons. The third-order valence-electron chi connectivity index (χ3n) is 6.02. The molecule has 1 aromatic heterocycles. The van der Waals surface area contributed by atoms with Crippen LogP contribution in [0.25, 0.3) is 10.9 Å². The van der Waals surface area contributed by atoms with E-state index in [-0.39, 0.29) is 6.04 Å². The zero-order chi connectivity index (χ0) is 17.0. The minimum atomic E-state index is 0.0252. The van der Waals surface area contributed by atoms with Gasteiger partial charge in [-0.15, -0.1) is 0 Å². The van der Waals surface area contributed by atoms with Gasteiger partial charge in [-0.05, 0) is 30.0 Å². The smallest absolute Gasteiger partial charge is 0.150 e. The number of hydrogen-bond acceptors (Lipinski definition) is 2. The summed E-state index contributed by atoms with van der Waals surface area (Å²) in [5.41, 5.74) is 5.38. The molecule has 5 rings (SSSR count). The largest absolute Gasteiger partial charge is 0.346 e. The summed E-state index contributed by atoms with van der Waals surface area (Å²) in [5.74, 6) is 0.408. The van der Waals surface area contributed by atoms with Crippen LogP contribution in [0.3, 0.4) is 0 Å². The molecule has 0 amide bonds. The standard InChI is InChI=1S/C22H22N2O/c1-23-18-10-6-5-9-16(18)17-13-20-21(25)12-11-19(22(17)23)24(20)14-15-7-3-2-4-8-15/h2-10,19-20H,11-14H2,1H3. The number of carbonyl (C=O) groups excluding carboxylic acids is 1. The van der Waals surface area contributed by atoms with Crippen LogP contribution >= 0.6 is 0 Å². The molecule has 0 N–H and O–H groups in total. The highest BCUT2D eigenvalue weighted by Gasteiger charge is 2.43. The van der Waals surface area contributed by atoms with E-state index >= 15 is 0 Å². The summed E-state index contributed by atoms with van der Waals surface area (Å²) in [6, 6.07) is 19.5. The van der Waals surface area contributed by atoms with Crippen LogP contribution in [0.4, 0.5) is 0 Å². The molecule has 3 heterocycles. The number of ketones is 1. The van der Waals surface area contributed by atoms with Crippen LogP contribution in [-0.4, -0.2) is 21.3 Å². The van der Waals surface area contributed by atoms with Crippen molar-refractivity contribution in [1.82, 2.24) is 9.47 Å². The number of hydrogen-bond donors (Lipinski definition) is 0. The molecule has 1 fully saturated rings. The predicted octanol–water partition coefficient (Wildman–Crippen LogP) is 4.01. The molecule has 3 heteroatoms. The van der Waals surface area contributed by atoms with Crippen LogP contribution in [-0.2, 0) is 24.8 Å². The van der Waals surface area contributed by atoms with E-state index in [0.29, 0.717) is 18.2 Å². The molecular weight excluding hydrogens is 308 g/mol. The molecule has 0 aliphatic carbocycles. The lowest BCUT2D eigenvalue weighted by Crippen LogP contribution is -2.51. The first-order valence-corrected chi connectivity index (χ1v) is 9.12. The molecule has 126 valence electrons. The summed E-state index contributed by atoms with van der Waals surface area (Å²) in [6.45, 7) is 0.850. The third-order valence-corrected chi connectivity index (χ3v) is 6.02. The summed E-state index contributed by atoms with van der Waals surface area (Å²) in [4.78, 5) is 15.2. The van der Waals surface area contributed by atoms with E-state index in [0.717, 1.165) is 19.4 Å². The maximum Gasteiger partial charge on any atom is 0.150 e. The first-order valence-electron chi connectivity index (χ1n) is 9.12. The van der Waals surface area contributed by atoms with Crippen LogP contribution in [0, 0.1) is 0 Å². The number of aromatic nitrogens is 1.